The number of carbonyl (C=O) groups is 1. The van der Waals surface area contributed by atoms with E-state index in [2.05, 4.69) is 0 Å². The maximum atomic E-state index is 10.5. The molecule has 1 aromatic rings. The van der Waals surface area contributed by atoms with Gasteiger partial charge in [-0.3, -0.25) is 0 Å². The predicted molar refractivity (Wildman–Crippen MR) is 41.7 cm³/mol. The van der Waals surface area contributed by atoms with Gasteiger partial charge in [0.1, 0.15) is 5.75 Å². The van der Waals surface area contributed by atoms with E-state index >= 15 is 0 Å². The Morgan fingerprint density at radius 3 is 2.62 bits per heavy atom. The summed E-state index contributed by atoms with van der Waals surface area (Å²) in [6, 6.07) is 4.27. The minimum absolute atomic E-state index is 0. The summed E-state index contributed by atoms with van der Waals surface area (Å²) in [4.78, 5) is 10.5. The summed E-state index contributed by atoms with van der Waals surface area (Å²) in [6.45, 7) is 0. The van der Waals surface area contributed by atoms with E-state index in [-0.39, 0.29) is 62.7 Å². The molecule has 0 spiro atoms. The van der Waals surface area contributed by atoms with Crippen molar-refractivity contribution in [2.75, 3.05) is 12.8 Å². The van der Waals surface area contributed by atoms with Crippen LogP contribution >= 0.6 is 0 Å². The number of carboxylic acid groups (broad SMARTS) is 1. The molecule has 0 aliphatic rings. The third kappa shape index (κ3) is 3.28. The second kappa shape index (κ2) is 5.61. The Balaban J connectivity index is 0.00000144. The molecule has 0 aliphatic heterocycles. The number of aromatic carboxylic acids is 1. The average Bonchev–Trinajstić information content (AvgIpc) is 2.03. The zero-order valence-electron chi connectivity index (χ0n) is 7.53. The van der Waals surface area contributed by atoms with Gasteiger partial charge in [0.05, 0.1) is 13.1 Å². The molecule has 5 heteroatoms. The molecular weight excluding hydrogens is 197 g/mol. The van der Waals surface area contributed by atoms with Gasteiger partial charge in [-0.2, -0.15) is 0 Å². The molecule has 0 aromatic heterocycles. The fourth-order valence-corrected chi connectivity index (χ4v) is 0.876. The molecule has 0 amide bonds. The molecule has 0 atom stereocenters. The van der Waals surface area contributed by atoms with Crippen molar-refractivity contribution in [3.63, 3.8) is 0 Å². The van der Waals surface area contributed by atoms with Crippen LogP contribution in [0.15, 0.2) is 18.2 Å². The normalized spacial score (nSPS) is 8.69. The maximum absolute atomic E-state index is 10.5. The summed E-state index contributed by atoms with van der Waals surface area (Å²) in [5.41, 5.74) is 5.87. The van der Waals surface area contributed by atoms with Gasteiger partial charge in [0.25, 0.3) is 0 Å². The molecule has 13 heavy (non-hydrogen) atoms. The van der Waals surface area contributed by atoms with Crippen molar-refractivity contribution < 1.29 is 66.0 Å². The fourth-order valence-electron chi connectivity index (χ4n) is 0.876. The number of hydrogen-bond donors (Lipinski definition) is 1. The van der Waals surface area contributed by atoms with Gasteiger partial charge >= 0.3 is 51.4 Å². The number of methoxy groups -OCH3 is 1. The minimum Gasteiger partial charge on any atom is -0.545 e. The molecule has 2 N–H and O–H groups in total. The first kappa shape index (κ1) is 12.9. The molecule has 0 saturated heterocycles. The van der Waals surface area contributed by atoms with Crippen molar-refractivity contribution in [3.8, 4) is 5.75 Å². The van der Waals surface area contributed by atoms with Gasteiger partial charge in [0.15, 0.2) is 0 Å². The predicted octanol–water partition coefficient (Wildman–Crippen LogP) is -3.36. The Morgan fingerprint density at radius 2 is 2.15 bits per heavy atom. The molecule has 0 aliphatic carbocycles. The van der Waals surface area contributed by atoms with Crippen molar-refractivity contribution in [2.45, 2.75) is 0 Å². The number of nitrogen functional groups attached to an aromatic ring is 1. The van der Waals surface area contributed by atoms with Gasteiger partial charge in [-0.1, -0.05) is 0 Å². The van der Waals surface area contributed by atoms with E-state index in [0.29, 0.717) is 5.69 Å². The first-order chi connectivity index (χ1) is 5.65. The topological polar surface area (TPSA) is 75.4 Å². The van der Waals surface area contributed by atoms with Gasteiger partial charge < -0.3 is 20.4 Å². The molecule has 0 radical (unpaired) electrons. The third-order valence-electron chi connectivity index (χ3n) is 1.45. The van der Waals surface area contributed by atoms with Crippen LogP contribution in [0.2, 0.25) is 0 Å². The van der Waals surface area contributed by atoms with Crippen LogP contribution in [0.4, 0.5) is 5.69 Å². The van der Waals surface area contributed by atoms with Gasteiger partial charge in [-0.05, 0) is 12.1 Å². The van der Waals surface area contributed by atoms with E-state index in [1.54, 1.807) is 0 Å². The van der Waals surface area contributed by atoms with Gasteiger partial charge in [0.2, 0.25) is 0 Å². The Labute approximate surface area is 118 Å². The van der Waals surface area contributed by atoms with Crippen LogP contribution < -0.4 is 67.0 Å². The van der Waals surface area contributed by atoms with E-state index in [1.165, 1.54) is 25.3 Å². The number of benzene rings is 1. The number of carboxylic acids is 1. The number of hydrogen-bond acceptors (Lipinski definition) is 4. The quantitative estimate of drug-likeness (QED) is 0.404. The first-order valence-electron chi connectivity index (χ1n) is 3.30. The van der Waals surface area contributed by atoms with E-state index in [0.717, 1.165) is 0 Å². The van der Waals surface area contributed by atoms with E-state index in [4.69, 9.17) is 10.5 Å². The van der Waals surface area contributed by atoms with Crippen LogP contribution in [0.5, 0.6) is 5.75 Å². The fraction of sp³-hybridized carbons (Fsp3) is 0.125. The molecule has 1 aromatic carbocycles. The molecule has 0 fully saturated rings. The van der Waals surface area contributed by atoms with Crippen molar-refractivity contribution in [2.24, 2.45) is 0 Å². The number of rotatable bonds is 2. The zero-order valence-corrected chi connectivity index (χ0v) is 10.7. The smallest absolute Gasteiger partial charge is 0.545 e. The molecule has 0 bridgehead atoms. The van der Waals surface area contributed by atoms with Crippen LogP contribution in [0.1, 0.15) is 10.4 Å². The number of nitrogens with two attached hydrogens (primary N) is 1. The largest absolute Gasteiger partial charge is 1.00 e. The Kier molecular flexibility index (Phi) is 5.58. The second-order valence-electron chi connectivity index (χ2n) is 2.25. The SMILES string of the molecule is COc1cc(N)ccc1C(=O)[O-].[K+]. The summed E-state index contributed by atoms with van der Waals surface area (Å²) in [6.07, 6.45) is 0. The monoisotopic (exact) mass is 205 g/mol. The van der Waals surface area contributed by atoms with E-state index < -0.39 is 5.97 Å². The van der Waals surface area contributed by atoms with Crippen molar-refractivity contribution in [1.29, 1.82) is 0 Å². The van der Waals surface area contributed by atoms with Gasteiger partial charge in [-0.15, -0.1) is 0 Å². The number of anilines is 1. The molecule has 64 valence electrons. The molecular formula is C8H8KNO3. The standard InChI is InChI=1S/C8H9NO3.K/c1-12-7-4-5(9)2-3-6(7)8(10)11;/h2-4H,9H2,1H3,(H,10,11);/q;+1/p-1. The molecule has 1 rings (SSSR count). The van der Waals surface area contributed by atoms with Crippen LogP contribution in [0.25, 0.3) is 0 Å². The van der Waals surface area contributed by atoms with Gasteiger partial charge in [0, 0.05) is 17.3 Å². The van der Waals surface area contributed by atoms with Crippen molar-refractivity contribution in [1.82, 2.24) is 0 Å². The Hall–Kier alpha value is -0.0736. The van der Waals surface area contributed by atoms with Crippen LogP contribution in [-0.2, 0) is 0 Å². The second-order valence-corrected chi connectivity index (χ2v) is 2.25. The van der Waals surface area contributed by atoms with Crippen molar-refractivity contribution in [3.05, 3.63) is 23.8 Å². The summed E-state index contributed by atoms with van der Waals surface area (Å²) in [5, 5.41) is 10.5. The molecule has 0 saturated carbocycles. The minimum atomic E-state index is -1.27. The number of ether oxygens (including phenoxy) is 1. The summed E-state index contributed by atoms with van der Waals surface area (Å²) in [5.74, 6) is -1.05. The third-order valence-corrected chi connectivity index (χ3v) is 1.45. The van der Waals surface area contributed by atoms with E-state index in [1.807, 2.05) is 0 Å². The number of carbonyl (C=O) groups excluding carboxylic acids is 1. The molecule has 0 heterocycles. The van der Waals surface area contributed by atoms with Crippen LogP contribution in [-0.4, -0.2) is 13.1 Å². The van der Waals surface area contributed by atoms with E-state index in [9.17, 15) is 9.90 Å². The first-order valence-corrected chi connectivity index (χ1v) is 3.30. The maximum Gasteiger partial charge on any atom is 1.00 e. The van der Waals surface area contributed by atoms with Gasteiger partial charge in [-0.25, -0.2) is 0 Å². The van der Waals surface area contributed by atoms with Crippen molar-refractivity contribution >= 4 is 11.7 Å². The Bertz CT molecular complexity index is 314. The van der Waals surface area contributed by atoms with Crippen LogP contribution in [0, 0.1) is 0 Å². The van der Waals surface area contributed by atoms with Crippen LogP contribution in [0.3, 0.4) is 0 Å². The Morgan fingerprint density at radius 1 is 1.54 bits per heavy atom. The molecule has 0 unspecified atom stereocenters. The summed E-state index contributed by atoms with van der Waals surface area (Å²) in [7, 11) is 1.38. The molecule has 4 nitrogen and oxygen atoms in total. The summed E-state index contributed by atoms with van der Waals surface area (Å²) < 4.78 is 4.79. The average molecular weight is 205 g/mol. The zero-order chi connectivity index (χ0) is 9.14. The summed E-state index contributed by atoms with van der Waals surface area (Å²) >= 11 is 0.